The molecule has 0 saturated heterocycles. The van der Waals surface area contributed by atoms with E-state index in [1.807, 2.05) is 26.8 Å². The molecule has 0 saturated carbocycles. The van der Waals surface area contributed by atoms with Crippen molar-refractivity contribution >= 4 is 5.97 Å². The van der Waals surface area contributed by atoms with Gasteiger partial charge in [0.1, 0.15) is 0 Å². The van der Waals surface area contributed by atoms with Crippen LogP contribution < -0.4 is 0 Å². The Labute approximate surface area is 127 Å². The zero-order valence-corrected chi connectivity index (χ0v) is 12.8. The van der Waals surface area contributed by atoms with Crippen LogP contribution in [-0.4, -0.2) is 23.8 Å². The van der Waals surface area contributed by atoms with Crippen molar-refractivity contribution in [3.8, 4) is 23.7 Å². The molecule has 0 aliphatic carbocycles. The molecule has 1 N–H and O–H groups in total. The number of allylic oxidation sites excluding steroid dienone is 4. The van der Waals surface area contributed by atoms with E-state index in [0.717, 1.165) is 12.0 Å². The molecule has 0 aromatic heterocycles. The van der Waals surface area contributed by atoms with Crippen molar-refractivity contribution in [1.82, 2.24) is 0 Å². The van der Waals surface area contributed by atoms with Gasteiger partial charge >= 0.3 is 5.97 Å². The van der Waals surface area contributed by atoms with Crippen LogP contribution in [0.15, 0.2) is 36.0 Å². The first-order valence-electron chi connectivity index (χ1n) is 6.91. The summed E-state index contributed by atoms with van der Waals surface area (Å²) in [7, 11) is 0. The first kappa shape index (κ1) is 18.8. The number of ether oxygens (including phenoxy) is 1. The second kappa shape index (κ2) is 12.8. The summed E-state index contributed by atoms with van der Waals surface area (Å²) in [6.45, 7) is 5.89. The standard InChI is InChI=1S/C18H22O3/c1-4-6-7-8-9-10-11-12-17(19)13-14-21-18(20)15-16(3)5-2/h4,6,11-12,15,17,19H,5,13-14H2,1-3H3. The number of esters is 1. The maximum Gasteiger partial charge on any atom is 0.330 e. The van der Waals surface area contributed by atoms with Gasteiger partial charge in [0.2, 0.25) is 0 Å². The van der Waals surface area contributed by atoms with Gasteiger partial charge in [-0.2, -0.15) is 0 Å². The second-order valence-corrected chi connectivity index (χ2v) is 4.27. The maximum atomic E-state index is 11.3. The summed E-state index contributed by atoms with van der Waals surface area (Å²) >= 11 is 0. The summed E-state index contributed by atoms with van der Waals surface area (Å²) in [5, 5.41) is 9.62. The van der Waals surface area contributed by atoms with E-state index in [4.69, 9.17) is 4.74 Å². The number of aliphatic hydroxyl groups is 1. The summed E-state index contributed by atoms with van der Waals surface area (Å²) in [5.41, 5.74) is 0.967. The molecule has 0 amide bonds. The molecule has 0 rings (SSSR count). The summed E-state index contributed by atoms with van der Waals surface area (Å²) < 4.78 is 4.98. The van der Waals surface area contributed by atoms with Crippen molar-refractivity contribution in [3.05, 3.63) is 36.0 Å². The smallest absolute Gasteiger partial charge is 0.330 e. The van der Waals surface area contributed by atoms with Gasteiger partial charge in [0.15, 0.2) is 0 Å². The van der Waals surface area contributed by atoms with Crippen molar-refractivity contribution in [2.45, 2.75) is 39.7 Å². The van der Waals surface area contributed by atoms with Gasteiger partial charge in [0.25, 0.3) is 0 Å². The van der Waals surface area contributed by atoms with Gasteiger partial charge in [-0.1, -0.05) is 30.4 Å². The Bertz CT molecular complexity index is 516. The minimum absolute atomic E-state index is 0.173. The van der Waals surface area contributed by atoms with E-state index in [0.29, 0.717) is 6.42 Å². The lowest BCUT2D eigenvalue weighted by molar-refractivity contribution is -0.138. The molecule has 1 unspecified atom stereocenters. The Morgan fingerprint density at radius 2 is 1.95 bits per heavy atom. The van der Waals surface area contributed by atoms with Crippen molar-refractivity contribution in [2.75, 3.05) is 6.61 Å². The van der Waals surface area contributed by atoms with Gasteiger partial charge < -0.3 is 9.84 Å². The van der Waals surface area contributed by atoms with E-state index in [9.17, 15) is 9.90 Å². The van der Waals surface area contributed by atoms with Crippen LogP contribution in [-0.2, 0) is 9.53 Å². The lowest BCUT2D eigenvalue weighted by atomic mass is 10.2. The monoisotopic (exact) mass is 286 g/mol. The van der Waals surface area contributed by atoms with E-state index < -0.39 is 6.10 Å². The Morgan fingerprint density at radius 1 is 1.29 bits per heavy atom. The van der Waals surface area contributed by atoms with E-state index in [-0.39, 0.29) is 12.6 Å². The molecule has 0 aromatic carbocycles. The third kappa shape index (κ3) is 12.5. The number of carbonyl (C=O) groups is 1. The molecule has 0 heterocycles. The predicted octanol–water partition coefficient (Wildman–Crippen LogP) is 2.78. The van der Waals surface area contributed by atoms with Crippen LogP contribution >= 0.6 is 0 Å². The Kier molecular flexibility index (Phi) is 11.4. The highest BCUT2D eigenvalue weighted by molar-refractivity contribution is 5.82. The number of aliphatic hydroxyl groups excluding tert-OH is 1. The summed E-state index contributed by atoms with van der Waals surface area (Å²) in [4.78, 5) is 11.3. The fourth-order valence-electron chi connectivity index (χ4n) is 1.12. The molecular weight excluding hydrogens is 264 g/mol. The zero-order valence-electron chi connectivity index (χ0n) is 12.8. The average molecular weight is 286 g/mol. The normalized spacial score (nSPS) is 12.5. The molecule has 0 fully saturated rings. The van der Waals surface area contributed by atoms with Gasteiger partial charge in [-0.15, -0.1) is 0 Å². The Balaban J connectivity index is 3.98. The van der Waals surface area contributed by atoms with E-state index in [1.54, 1.807) is 12.2 Å². The summed E-state index contributed by atoms with van der Waals surface area (Å²) in [6.07, 6.45) is 8.55. The minimum atomic E-state index is -0.688. The van der Waals surface area contributed by atoms with Crippen LogP contribution in [0.25, 0.3) is 0 Å². The van der Waals surface area contributed by atoms with Gasteiger partial charge in [0, 0.05) is 12.5 Å². The topological polar surface area (TPSA) is 46.5 Å². The van der Waals surface area contributed by atoms with Crippen molar-refractivity contribution in [2.24, 2.45) is 0 Å². The molecule has 3 nitrogen and oxygen atoms in total. The number of hydrogen-bond acceptors (Lipinski definition) is 3. The van der Waals surface area contributed by atoms with Crippen LogP contribution in [0, 0.1) is 23.7 Å². The van der Waals surface area contributed by atoms with Crippen LogP contribution in [0.1, 0.15) is 33.6 Å². The molecule has 0 radical (unpaired) electrons. The third-order valence-electron chi connectivity index (χ3n) is 2.44. The first-order chi connectivity index (χ1) is 10.1. The molecule has 0 bridgehead atoms. The lowest BCUT2D eigenvalue weighted by Gasteiger charge is -2.05. The van der Waals surface area contributed by atoms with Crippen molar-refractivity contribution in [1.29, 1.82) is 0 Å². The highest BCUT2D eigenvalue weighted by Gasteiger charge is 2.02. The molecule has 0 aliphatic heterocycles. The number of rotatable bonds is 6. The SMILES string of the molecule is CC=CC#CC#CC=CC(O)CCOC(=O)C=C(C)CC. The third-order valence-corrected chi connectivity index (χ3v) is 2.44. The molecule has 0 spiro atoms. The van der Waals surface area contributed by atoms with Gasteiger partial charge in [-0.25, -0.2) is 4.79 Å². The summed E-state index contributed by atoms with van der Waals surface area (Å²) in [6, 6.07) is 0. The molecule has 0 aliphatic rings. The van der Waals surface area contributed by atoms with Gasteiger partial charge in [-0.05, 0) is 50.3 Å². The van der Waals surface area contributed by atoms with E-state index >= 15 is 0 Å². The van der Waals surface area contributed by atoms with Crippen LogP contribution in [0.2, 0.25) is 0 Å². The van der Waals surface area contributed by atoms with Gasteiger partial charge in [-0.3, -0.25) is 0 Å². The molecule has 112 valence electrons. The molecule has 21 heavy (non-hydrogen) atoms. The largest absolute Gasteiger partial charge is 0.462 e. The van der Waals surface area contributed by atoms with E-state index in [1.165, 1.54) is 12.2 Å². The highest BCUT2D eigenvalue weighted by Crippen LogP contribution is 2.00. The van der Waals surface area contributed by atoms with Crippen molar-refractivity contribution in [3.63, 3.8) is 0 Å². The maximum absolute atomic E-state index is 11.3. The number of carbonyl (C=O) groups excluding carboxylic acids is 1. The van der Waals surface area contributed by atoms with Crippen LogP contribution in [0.3, 0.4) is 0 Å². The fourth-order valence-corrected chi connectivity index (χ4v) is 1.12. The van der Waals surface area contributed by atoms with Crippen LogP contribution in [0.5, 0.6) is 0 Å². The molecular formula is C18H22O3. The van der Waals surface area contributed by atoms with Crippen molar-refractivity contribution < 1.29 is 14.6 Å². The lowest BCUT2D eigenvalue weighted by Crippen LogP contribution is -2.10. The minimum Gasteiger partial charge on any atom is -0.462 e. The van der Waals surface area contributed by atoms with Crippen LogP contribution in [0.4, 0.5) is 0 Å². The summed E-state index contributed by atoms with van der Waals surface area (Å²) in [5.74, 6) is 10.3. The highest BCUT2D eigenvalue weighted by atomic mass is 16.5. The second-order valence-electron chi connectivity index (χ2n) is 4.27. The Morgan fingerprint density at radius 3 is 2.57 bits per heavy atom. The first-order valence-corrected chi connectivity index (χ1v) is 6.91. The predicted molar refractivity (Wildman–Crippen MR) is 85.1 cm³/mol. The zero-order chi connectivity index (χ0) is 15.9. The van der Waals surface area contributed by atoms with Gasteiger partial charge in [0.05, 0.1) is 12.7 Å². The van der Waals surface area contributed by atoms with E-state index in [2.05, 4.69) is 23.7 Å². The molecule has 0 aromatic rings. The number of hydrogen-bond donors (Lipinski definition) is 1. The average Bonchev–Trinajstić information content (AvgIpc) is 2.46. The molecule has 1 atom stereocenters. The quantitative estimate of drug-likeness (QED) is 0.464. The molecule has 3 heteroatoms. The fraction of sp³-hybridized carbons (Fsp3) is 0.389. The Hall–Kier alpha value is -2.23.